The Bertz CT molecular complexity index is 1240. The van der Waals surface area contributed by atoms with Crippen LogP contribution in [0.5, 0.6) is 5.75 Å². The quantitative estimate of drug-likeness (QED) is 0.132. The Hall–Kier alpha value is -3.01. The zero-order chi connectivity index (χ0) is 29.0. The summed E-state index contributed by atoms with van der Waals surface area (Å²) >= 11 is 0. The first-order valence-corrected chi connectivity index (χ1v) is 15.6. The smallest absolute Gasteiger partial charge is 0.201 e. The molecule has 0 aromatic heterocycles. The SMILES string of the molecule is C=CCCC1CCC(c2ccc(-c3ccc(-c4ccc(OCCCCCCCCC)c(F)c4F)cc3)cc2F)CC1. The zero-order valence-corrected chi connectivity index (χ0v) is 24.6. The molecule has 0 bridgehead atoms. The van der Waals surface area contributed by atoms with Gasteiger partial charge in [0.05, 0.1) is 6.61 Å². The molecule has 1 fully saturated rings. The van der Waals surface area contributed by atoms with E-state index in [-0.39, 0.29) is 23.0 Å². The van der Waals surface area contributed by atoms with Crippen molar-refractivity contribution in [2.45, 2.75) is 96.3 Å². The Labute approximate surface area is 244 Å². The number of halogens is 3. The second-order valence-corrected chi connectivity index (χ2v) is 11.6. The van der Waals surface area contributed by atoms with Crippen LogP contribution in [0, 0.1) is 23.4 Å². The molecule has 1 nitrogen and oxygen atoms in total. The molecule has 4 heteroatoms. The van der Waals surface area contributed by atoms with Crippen LogP contribution in [-0.4, -0.2) is 6.61 Å². The highest BCUT2D eigenvalue weighted by Gasteiger charge is 2.24. The molecule has 4 rings (SSSR count). The number of hydrogen-bond donors (Lipinski definition) is 0. The summed E-state index contributed by atoms with van der Waals surface area (Å²) in [6, 6.07) is 15.7. The third kappa shape index (κ3) is 8.50. The van der Waals surface area contributed by atoms with Gasteiger partial charge in [0, 0.05) is 5.56 Å². The topological polar surface area (TPSA) is 9.23 Å². The molecule has 3 aromatic carbocycles. The molecule has 1 aliphatic carbocycles. The molecule has 220 valence electrons. The summed E-state index contributed by atoms with van der Waals surface area (Å²) in [7, 11) is 0. The van der Waals surface area contributed by atoms with Crippen LogP contribution in [0.3, 0.4) is 0 Å². The first kappa shape index (κ1) is 30.9. The van der Waals surface area contributed by atoms with Crippen molar-refractivity contribution in [2.24, 2.45) is 5.92 Å². The van der Waals surface area contributed by atoms with Crippen LogP contribution in [-0.2, 0) is 0 Å². The van der Waals surface area contributed by atoms with Crippen molar-refractivity contribution in [1.29, 1.82) is 0 Å². The summed E-state index contributed by atoms with van der Waals surface area (Å²) < 4.78 is 50.5. The first-order valence-electron chi connectivity index (χ1n) is 15.6. The van der Waals surface area contributed by atoms with E-state index < -0.39 is 11.6 Å². The van der Waals surface area contributed by atoms with Crippen molar-refractivity contribution < 1.29 is 17.9 Å². The Morgan fingerprint density at radius 3 is 2.10 bits per heavy atom. The van der Waals surface area contributed by atoms with Gasteiger partial charge in [-0.15, -0.1) is 6.58 Å². The molecule has 3 aromatic rings. The van der Waals surface area contributed by atoms with Gasteiger partial charge in [0.1, 0.15) is 5.82 Å². The largest absolute Gasteiger partial charge is 0.490 e. The molecule has 1 saturated carbocycles. The van der Waals surface area contributed by atoms with Crippen LogP contribution in [0.2, 0.25) is 0 Å². The van der Waals surface area contributed by atoms with E-state index in [2.05, 4.69) is 13.5 Å². The number of ether oxygens (including phenoxy) is 1. The lowest BCUT2D eigenvalue weighted by Crippen LogP contribution is -2.14. The molecule has 0 unspecified atom stereocenters. The Kier molecular flexibility index (Phi) is 12.0. The van der Waals surface area contributed by atoms with Gasteiger partial charge in [-0.05, 0) is 97.2 Å². The van der Waals surface area contributed by atoms with Gasteiger partial charge in [-0.25, -0.2) is 8.78 Å². The maximum atomic E-state index is 15.2. The predicted molar refractivity (Wildman–Crippen MR) is 165 cm³/mol. The molecule has 0 N–H and O–H groups in total. The van der Waals surface area contributed by atoms with E-state index in [0.29, 0.717) is 12.2 Å². The average Bonchev–Trinajstić information content (AvgIpc) is 3.00. The van der Waals surface area contributed by atoms with E-state index >= 15 is 4.39 Å². The fourth-order valence-electron chi connectivity index (χ4n) is 6.10. The highest BCUT2D eigenvalue weighted by molar-refractivity contribution is 5.71. The van der Waals surface area contributed by atoms with Crippen LogP contribution in [0.15, 0.2) is 67.3 Å². The van der Waals surface area contributed by atoms with Gasteiger partial charge < -0.3 is 4.74 Å². The number of rotatable bonds is 15. The number of hydrogen-bond acceptors (Lipinski definition) is 1. The standard InChI is InChI=1S/C37H45F3O/c1-3-5-7-8-9-10-11-25-41-35-24-23-33(36(39)37(35)40)30-19-17-28(18-20-30)31-21-22-32(34(38)26-31)29-15-13-27(14-16-29)12-6-4-2/h4,17-24,26-27,29H,2-3,5-16,25H2,1H3. The summed E-state index contributed by atoms with van der Waals surface area (Å²) in [6.45, 7) is 6.39. The van der Waals surface area contributed by atoms with Crippen molar-refractivity contribution >= 4 is 0 Å². The zero-order valence-electron chi connectivity index (χ0n) is 24.6. The molecular weight excluding hydrogens is 517 g/mol. The summed E-state index contributed by atoms with van der Waals surface area (Å²) in [5, 5.41) is 0. The van der Waals surface area contributed by atoms with E-state index in [0.717, 1.165) is 74.0 Å². The van der Waals surface area contributed by atoms with Crippen molar-refractivity contribution in [3.8, 4) is 28.0 Å². The lowest BCUT2D eigenvalue weighted by Gasteiger charge is -2.29. The maximum absolute atomic E-state index is 15.2. The molecule has 0 atom stereocenters. The van der Waals surface area contributed by atoms with Crippen molar-refractivity contribution in [2.75, 3.05) is 6.61 Å². The normalized spacial score (nSPS) is 17.0. The average molecular weight is 563 g/mol. The van der Waals surface area contributed by atoms with E-state index in [1.165, 1.54) is 38.2 Å². The van der Waals surface area contributed by atoms with Crippen LogP contribution in [0.25, 0.3) is 22.3 Å². The third-order valence-corrected chi connectivity index (χ3v) is 8.65. The Morgan fingerprint density at radius 1 is 0.756 bits per heavy atom. The number of allylic oxidation sites excluding steroid dienone is 1. The van der Waals surface area contributed by atoms with Gasteiger partial charge in [0.2, 0.25) is 5.82 Å². The molecule has 1 aliphatic rings. The van der Waals surface area contributed by atoms with Gasteiger partial charge >= 0.3 is 0 Å². The van der Waals surface area contributed by atoms with E-state index in [1.54, 1.807) is 24.3 Å². The van der Waals surface area contributed by atoms with Gasteiger partial charge in [-0.3, -0.25) is 0 Å². The summed E-state index contributed by atoms with van der Waals surface area (Å²) in [5.74, 6) is -1.09. The lowest BCUT2D eigenvalue weighted by molar-refractivity contribution is 0.285. The molecule has 41 heavy (non-hydrogen) atoms. The van der Waals surface area contributed by atoms with E-state index in [4.69, 9.17) is 4.74 Å². The van der Waals surface area contributed by atoms with Crippen molar-refractivity contribution in [3.63, 3.8) is 0 Å². The van der Waals surface area contributed by atoms with Crippen LogP contribution in [0.4, 0.5) is 13.2 Å². The highest BCUT2D eigenvalue weighted by Crippen LogP contribution is 2.39. The van der Waals surface area contributed by atoms with Gasteiger partial charge in [0.15, 0.2) is 11.6 Å². The Morgan fingerprint density at radius 2 is 1.41 bits per heavy atom. The monoisotopic (exact) mass is 562 g/mol. The van der Waals surface area contributed by atoms with E-state index in [1.807, 2.05) is 30.3 Å². The fourth-order valence-corrected chi connectivity index (χ4v) is 6.10. The summed E-state index contributed by atoms with van der Waals surface area (Å²) in [6.07, 6.45) is 16.5. The van der Waals surface area contributed by atoms with E-state index in [9.17, 15) is 8.78 Å². The molecule has 0 amide bonds. The maximum Gasteiger partial charge on any atom is 0.201 e. The van der Waals surface area contributed by atoms with Gasteiger partial charge in [-0.2, -0.15) is 4.39 Å². The minimum Gasteiger partial charge on any atom is -0.490 e. The fraction of sp³-hybridized carbons (Fsp3) is 0.459. The molecular formula is C37H45F3O. The molecule has 0 aliphatic heterocycles. The van der Waals surface area contributed by atoms with Crippen LogP contribution < -0.4 is 4.74 Å². The second kappa shape index (κ2) is 15.8. The summed E-state index contributed by atoms with van der Waals surface area (Å²) in [4.78, 5) is 0. The lowest BCUT2D eigenvalue weighted by atomic mass is 9.77. The predicted octanol–water partition coefficient (Wildman–Crippen LogP) is 11.8. The number of unbranched alkanes of at least 4 members (excludes halogenated alkanes) is 6. The minimum atomic E-state index is -0.957. The van der Waals surface area contributed by atoms with Crippen LogP contribution >= 0.6 is 0 Å². The molecule has 0 spiro atoms. The van der Waals surface area contributed by atoms with Crippen molar-refractivity contribution in [1.82, 2.24) is 0 Å². The first-order chi connectivity index (χ1) is 20.0. The molecule has 0 radical (unpaired) electrons. The summed E-state index contributed by atoms with van der Waals surface area (Å²) in [5.41, 5.74) is 3.16. The number of benzene rings is 3. The second-order valence-electron chi connectivity index (χ2n) is 11.6. The molecule has 0 saturated heterocycles. The third-order valence-electron chi connectivity index (χ3n) is 8.65. The van der Waals surface area contributed by atoms with Crippen LogP contribution in [0.1, 0.15) is 102 Å². The van der Waals surface area contributed by atoms with Crippen molar-refractivity contribution in [3.05, 3.63) is 90.3 Å². The van der Waals surface area contributed by atoms with Gasteiger partial charge in [-0.1, -0.05) is 87.9 Å². The van der Waals surface area contributed by atoms with Gasteiger partial charge in [0.25, 0.3) is 0 Å². The highest BCUT2D eigenvalue weighted by atomic mass is 19.2. The Balaban J connectivity index is 1.34. The minimum absolute atomic E-state index is 0.0466. The molecule has 0 heterocycles.